The summed E-state index contributed by atoms with van der Waals surface area (Å²) in [4.78, 5) is 12.3. The maximum atomic E-state index is 9.65. The number of nitrogens with one attached hydrogen (secondary N) is 1. The zero-order valence-corrected chi connectivity index (χ0v) is 12.2. The molecule has 0 radical (unpaired) electrons. The van der Waals surface area contributed by atoms with E-state index >= 15 is 0 Å². The molecule has 1 aliphatic rings. The molecule has 2 unspecified atom stereocenters. The van der Waals surface area contributed by atoms with Crippen molar-refractivity contribution in [2.24, 2.45) is 11.8 Å². The van der Waals surface area contributed by atoms with Crippen LogP contribution in [0.4, 0.5) is 5.82 Å². The fraction of sp³-hybridized carbons (Fsp3) is 0.538. The van der Waals surface area contributed by atoms with Crippen LogP contribution in [0.25, 0.3) is 10.2 Å². The highest BCUT2D eigenvalue weighted by Gasteiger charge is 2.26. The van der Waals surface area contributed by atoms with Crippen LogP contribution >= 0.6 is 11.3 Å². The minimum atomic E-state index is -0.248. The van der Waals surface area contributed by atoms with Crippen LogP contribution in [0, 0.1) is 5.92 Å². The van der Waals surface area contributed by atoms with Gasteiger partial charge in [0.1, 0.15) is 10.7 Å². The number of rotatable bonds is 4. The Balaban J connectivity index is 1.78. The second kappa shape index (κ2) is 5.61. The van der Waals surface area contributed by atoms with Gasteiger partial charge in [0.15, 0.2) is 5.82 Å². The summed E-state index contributed by atoms with van der Waals surface area (Å²) in [5, 5.41) is 12.6. The molecular formula is C13H19N5OS. The number of hydrazine groups is 1. The molecule has 108 valence electrons. The van der Waals surface area contributed by atoms with Crippen LogP contribution in [0.15, 0.2) is 11.4 Å². The molecule has 1 fully saturated rings. The van der Waals surface area contributed by atoms with Gasteiger partial charge in [0.05, 0.1) is 18.0 Å². The fourth-order valence-electron chi connectivity index (χ4n) is 2.68. The van der Waals surface area contributed by atoms with E-state index in [4.69, 9.17) is 5.84 Å². The van der Waals surface area contributed by atoms with E-state index in [-0.39, 0.29) is 6.10 Å². The Kier molecular flexibility index (Phi) is 3.84. The lowest BCUT2D eigenvalue weighted by atomic mass is 10.0. The van der Waals surface area contributed by atoms with E-state index in [1.54, 1.807) is 11.3 Å². The number of thiophene rings is 1. The molecule has 0 aromatic carbocycles. The number of anilines is 1. The van der Waals surface area contributed by atoms with Gasteiger partial charge in [-0.25, -0.2) is 15.8 Å². The molecule has 0 aliphatic carbocycles. The second-order valence-corrected chi connectivity index (χ2v) is 6.19. The third-order valence-electron chi connectivity index (χ3n) is 3.86. The number of aliphatic hydroxyl groups excluding tert-OH is 1. The molecule has 6 nitrogen and oxygen atoms in total. The first-order chi connectivity index (χ1) is 9.67. The van der Waals surface area contributed by atoms with Gasteiger partial charge < -0.3 is 10.5 Å². The monoisotopic (exact) mass is 293 g/mol. The molecule has 4 N–H and O–H groups in total. The number of nitrogens with zero attached hydrogens (tertiary/aromatic N) is 3. The van der Waals surface area contributed by atoms with Crippen LogP contribution in [-0.4, -0.2) is 39.2 Å². The van der Waals surface area contributed by atoms with Gasteiger partial charge in [-0.2, -0.15) is 0 Å². The molecule has 20 heavy (non-hydrogen) atoms. The Hall–Kier alpha value is -1.28. The van der Waals surface area contributed by atoms with Crippen molar-refractivity contribution in [3.63, 3.8) is 0 Å². The van der Waals surface area contributed by atoms with Crippen LogP contribution in [0.2, 0.25) is 0 Å². The molecule has 0 spiro atoms. The van der Waals surface area contributed by atoms with E-state index in [0.717, 1.165) is 35.6 Å². The quantitative estimate of drug-likeness (QED) is 0.579. The molecule has 2 atom stereocenters. The molecule has 2 aromatic rings. The van der Waals surface area contributed by atoms with Crippen LogP contribution in [0.5, 0.6) is 0 Å². The summed E-state index contributed by atoms with van der Waals surface area (Å²) in [5.41, 5.74) is 2.65. The van der Waals surface area contributed by atoms with Gasteiger partial charge in [-0.3, -0.25) is 4.90 Å². The van der Waals surface area contributed by atoms with Crippen molar-refractivity contribution in [2.45, 2.75) is 26.0 Å². The normalized spacial score (nSPS) is 21.4. The van der Waals surface area contributed by atoms with Gasteiger partial charge in [0, 0.05) is 6.54 Å². The standard InChI is InChI=1S/C13H19N5OS/c1-8(19)9-2-4-18(6-9)7-11-15-12(17-14)10-3-5-20-13(10)16-11/h3,5,8-9,19H,2,4,6-7,14H2,1H3,(H,15,16,17). The van der Waals surface area contributed by atoms with Crippen LogP contribution < -0.4 is 11.3 Å². The summed E-state index contributed by atoms with van der Waals surface area (Å²) in [6, 6.07) is 1.97. The summed E-state index contributed by atoms with van der Waals surface area (Å²) in [5.74, 6) is 7.34. The van der Waals surface area contributed by atoms with Crippen molar-refractivity contribution in [1.82, 2.24) is 14.9 Å². The van der Waals surface area contributed by atoms with E-state index in [1.807, 2.05) is 18.4 Å². The first-order valence-corrected chi connectivity index (χ1v) is 7.66. The minimum Gasteiger partial charge on any atom is -0.393 e. The Morgan fingerprint density at radius 1 is 1.60 bits per heavy atom. The number of aromatic nitrogens is 2. The van der Waals surface area contributed by atoms with Crippen LogP contribution in [-0.2, 0) is 6.54 Å². The Morgan fingerprint density at radius 2 is 2.45 bits per heavy atom. The lowest BCUT2D eigenvalue weighted by molar-refractivity contribution is 0.127. The van der Waals surface area contributed by atoms with Gasteiger partial charge in [-0.05, 0) is 37.3 Å². The molecule has 2 aromatic heterocycles. The zero-order chi connectivity index (χ0) is 14.1. The summed E-state index contributed by atoms with van der Waals surface area (Å²) in [6.45, 7) is 4.44. The zero-order valence-electron chi connectivity index (χ0n) is 11.4. The number of likely N-dealkylation sites (tertiary alicyclic amines) is 1. The largest absolute Gasteiger partial charge is 0.393 e. The number of fused-ring (bicyclic) bond motifs is 1. The molecule has 0 bridgehead atoms. The van der Waals surface area contributed by atoms with E-state index < -0.39 is 0 Å². The average molecular weight is 293 g/mol. The van der Waals surface area contributed by atoms with Crippen LogP contribution in [0.3, 0.4) is 0 Å². The summed E-state index contributed by atoms with van der Waals surface area (Å²) < 4.78 is 0. The van der Waals surface area contributed by atoms with E-state index in [0.29, 0.717) is 18.3 Å². The van der Waals surface area contributed by atoms with Crippen molar-refractivity contribution < 1.29 is 5.11 Å². The van der Waals surface area contributed by atoms with Gasteiger partial charge in [0.25, 0.3) is 0 Å². The number of nitrogens with two attached hydrogens (primary N) is 1. The molecule has 0 saturated carbocycles. The van der Waals surface area contributed by atoms with E-state index in [9.17, 15) is 5.11 Å². The number of aliphatic hydroxyl groups is 1. The average Bonchev–Trinajstić information content (AvgIpc) is 3.06. The third-order valence-corrected chi connectivity index (χ3v) is 4.67. The van der Waals surface area contributed by atoms with Crippen molar-refractivity contribution in [1.29, 1.82) is 0 Å². The third kappa shape index (κ3) is 2.62. The summed E-state index contributed by atoms with van der Waals surface area (Å²) >= 11 is 1.59. The van der Waals surface area contributed by atoms with Gasteiger partial charge in [-0.15, -0.1) is 11.3 Å². The maximum absolute atomic E-state index is 9.65. The molecule has 1 saturated heterocycles. The molecule has 0 amide bonds. The molecule has 1 aliphatic heterocycles. The Bertz CT molecular complexity index is 599. The van der Waals surface area contributed by atoms with Gasteiger partial charge >= 0.3 is 0 Å². The Labute approximate surface area is 121 Å². The highest BCUT2D eigenvalue weighted by molar-refractivity contribution is 7.16. The maximum Gasteiger partial charge on any atom is 0.152 e. The lowest BCUT2D eigenvalue weighted by Crippen LogP contribution is -2.25. The fourth-order valence-corrected chi connectivity index (χ4v) is 3.46. The highest BCUT2D eigenvalue weighted by atomic mass is 32.1. The van der Waals surface area contributed by atoms with Crippen molar-refractivity contribution in [3.8, 4) is 0 Å². The second-order valence-electron chi connectivity index (χ2n) is 5.30. The number of nitrogen functional groups attached to an aromatic ring is 1. The van der Waals surface area contributed by atoms with Crippen molar-refractivity contribution in [2.75, 3.05) is 18.5 Å². The van der Waals surface area contributed by atoms with Crippen LogP contribution in [0.1, 0.15) is 19.2 Å². The SMILES string of the molecule is CC(O)C1CCN(Cc2nc(NN)c3ccsc3n2)C1. The van der Waals surface area contributed by atoms with Crippen molar-refractivity contribution >= 4 is 27.4 Å². The lowest BCUT2D eigenvalue weighted by Gasteiger charge is -2.16. The molecule has 3 rings (SSSR count). The number of hydrogen-bond donors (Lipinski definition) is 3. The molecular weight excluding hydrogens is 274 g/mol. The summed E-state index contributed by atoms with van der Waals surface area (Å²) in [7, 11) is 0. The van der Waals surface area contributed by atoms with Gasteiger partial charge in [-0.1, -0.05) is 0 Å². The van der Waals surface area contributed by atoms with E-state index in [2.05, 4.69) is 20.3 Å². The predicted octanol–water partition coefficient (Wildman–Crippen LogP) is 1.18. The summed E-state index contributed by atoms with van der Waals surface area (Å²) in [6.07, 6.45) is 0.780. The first-order valence-electron chi connectivity index (χ1n) is 6.78. The topological polar surface area (TPSA) is 87.3 Å². The predicted molar refractivity (Wildman–Crippen MR) is 80.3 cm³/mol. The Morgan fingerprint density at radius 3 is 3.15 bits per heavy atom. The van der Waals surface area contributed by atoms with Gasteiger partial charge in [0.2, 0.25) is 0 Å². The molecule has 7 heteroatoms. The smallest absolute Gasteiger partial charge is 0.152 e. The molecule has 3 heterocycles. The highest BCUT2D eigenvalue weighted by Crippen LogP contribution is 2.26. The minimum absolute atomic E-state index is 0.248. The van der Waals surface area contributed by atoms with E-state index in [1.165, 1.54) is 0 Å². The number of hydrogen-bond acceptors (Lipinski definition) is 7. The first kappa shape index (κ1) is 13.7. The van der Waals surface area contributed by atoms with Crippen molar-refractivity contribution in [3.05, 3.63) is 17.3 Å².